The second-order valence-electron chi connectivity index (χ2n) is 5.57. The highest BCUT2D eigenvalue weighted by Gasteiger charge is 2.48. The van der Waals surface area contributed by atoms with Crippen molar-refractivity contribution >= 4 is 27.5 Å². The zero-order chi connectivity index (χ0) is 15.6. The van der Waals surface area contributed by atoms with Crippen LogP contribution in [0.1, 0.15) is 25.8 Å². The molecule has 5 heteroatoms. The van der Waals surface area contributed by atoms with Crippen molar-refractivity contribution in [2.45, 2.75) is 25.9 Å². The fourth-order valence-corrected chi connectivity index (χ4v) is 2.88. The van der Waals surface area contributed by atoms with E-state index in [0.29, 0.717) is 25.1 Å². The van der Waals surface area contributed by atoms with Gasteiger partial charge >= 0.3 is 0 Å². The van der Waals surface area contributed by atoms with Crippen molar-refractivity contribution in [3.63, 3.8) is 0 Å². The predicted octanol–water partition coefficient (Wildman–Crippen LogP) is 2.56. The summed E-state index contributed by atoms with van der Waals surface area (Å²) in [7, 11) is 1.81. The van der Waals surface area contributed by atoms with E-state index in [9.17, 15) is 9.90 Å². The van der Waals surface area contributed by atoms with Gasteiger partial charge in [-0.25, -0.2) is 0 Å². The van der Waals surface area contributed by atoms with Crippen molar-refractivity contribution in [2.24, 2.45) is 0 Å². The van der Waals surface area contributed by atoms with Gasteiger partial charge in [-0.1, -0.05) is 33.6 Å². The Hall–Kier alpha value is -1.17. The molecule has 1 aliphatic heterocycles. The Bertz CT molecular complexity index is 582. The maximum Gasteiger partial charge on any atom is 0.264 e. The van der Waals surface area contributed by atoms with Gasteiger partial charge in [0.2, 0.25) is 0 Å². The van der Waals surface area contributed by atoms with E-state index in [1.165, 1.54) is 0 Å². The van der Waals surface area contributed by atoms with Gasteiger partial charge in [0.15, 0.2) is 5.60 Å². The molecule has 0 radical (unpaired) electrons. The van der Waals surface area contributed by atoms with Crippen LogP contribution in [0.25, 0.3) is 0 Å². The monoisotopic (exact) mass is 352 g/mol. The fourth-order valence-electron chi connectivity index (χ4n) is 2.53. The van der Waals surface area contributed by atoms with Gasteiger partial charge in [0, 0.05) is 23.0 Å². The van der Waals surface area contributed by atoms with Crippen LogP contribution in [0.3, 0.4) is 0 Å². The van der Waals surface area contributed by atoms with Crippen molar-refractivity contribution < 1.29 is 9.90 Å². The molecule has 0 spiro atoms. The third-order valence-corrected chi connectivity index (χ3v) is 4.21. The molecule has 114 valence electrons. The van der Waals surface area contributed by atoms with Crippen LogP contribution in [0.5, 0.6) is 0 Å². The highest BCUT2D eigenvalue weighted by Crippen LogP contribution is 2.43. The molecule has 0 aromatic heterocycles. The van der Waals surface area contributed by atoms with Crippen LogP contribution in [0.2, 0.25) is 0 Å². The van der Waals surface area contributed by atoms with Crippen molar-refractivity contribution in [1.82, 2.24) is 5.32 Å². The first kappa shape index (κ1) is 16.2. The number of benzene rings is 1. The summed E-state index contributed by atoms with van der Waals surface area (Å²) in [5.74, 6) is -0.247. The topological polar surface area (TPSA) is 52.6 Å². The molecular weight excluding hydrogens is 332 g/mol. The molecule has 2 rings (SSSR count). The molecule has 1 aliphatic rings. The largest absolute Gasteiger partial charge is 0.375 e. The Morgan fingerprint density at radius 2 is 2.19 bits per heavy atom. The summed E-state index contributed by atoms with van der Waals surface area (Å²) in [5.41, 5.74) is 1.18. The van der Waals surface area contributed by atoms with E-state index in [1.54, 1.807) is 4.90 Å². The number of fused-ring (bicyclic) bond motifs is 1. The Labute approximate surface area is 134 Å². The lowest BCUT2D eigenvalue weighted by molar-refractivity contribution is -0.136. The number of hydrogen-bond donors (Lipinski definition) is 2. The normalized spacial score (nSPS) is 20.6. The maximum atomic E-state index is 12.7. The van der Waals surface area contributed by atoms with E-state index in [2.05, 4.69) is 21.2 Å². The van der Waals surface area contributed by atoms with Gasteiger partial charge in [-0.15, -0.1) is 0 Å². The summed E-state index contributed by atoms with van der Waals surface area (Å²) in [5, 5.41) is 13.9. The SMILES string of the molecule is CNCC[C@]1(O)C(=O)N(CC=C(C)C)c2cc(Br)ccc21. The van der Waals surface area contributed by atoms with Gasteiger partial charge in [-0.05, 0) is 39.6 Å². The lowest BCUT2D eigenvalue weighted by Gasteiger charge is -2.22. The summed E-state index contributed by atoms with van der Waals surface area (Å²) in [6, 6.07) is 5.58. The predicted molar refractivity (Wildman–Crippen MR) is 88.4 cm³/mol. The smallest absolute Gasteiger partial charge is 0.264 e. The number of carbonyl (C=O) groups excluding carboxylic acids is 1. The standard InChI is InChI=1S/C16H21BrN2O2/c1-11(2)6-9-19-14-10-12(17)4-5-13(14)16(21,15(19)20)7-8-18-3/h4-6,10,18,21H,7-9H2,1-3H3/t16-/m1/s1. The molecule has 1 aromatic carbocycles. The molecule has 1 amide bonds. The molecule has 1 atom stereocenters. The third kappa shape index (κ3) is 3.05. The highest BCUT2D eigenvalue weighted by atomic mass is 79.9. The average molecular weight is 353 g/mol. The lowest BCUT2D eigenvalue weighted by Crippen LogP contribution is -2.42. The lowest BCUT2D eigenvalue weighted by atomic mass is 9.92. The van der Waals surface area contributed by atoms with Crippen molar-refractivity contribution in [1.29, 1.82) is 0 Å². The van der Waals surface area contributed by atoms with Crippen molar-refractivity contribution in [3.05, 3.63) is 39.9 Å². The summed E-state index contributed by atoms with van der Waals surface area (Å²) in [6.07, 6.45) is 2.36. The minimum Gasteiger partial charge on any atom is -0.375 e. The molecule has 2 N–H and O–H groups in total. The van der Waals surface area contributed by atoms with E-state index in [4.69, 9.17) is 0 Å². The van der Waals surface area contributed by atoms with Crippen LogP contribution in [-0.2, 0) is 10.4 Å². The van der Waals surface area contributed by atoms with Gasteiger partial charge in [-0.2, -0.15) is 0 Å². The second kappa shape index (κ2) is 6.30. The van der Waals surface area contributed by atoms with Crippen LogP contribution < -0.4 is 10.2 Å². The minimum atomic E-state index is -1.44. The summed E-state index contributed by atoms with van der Waals surface area (Å²) in [6.45, 7) is 5.05. The highest BCUT2D eigenvalue weighted by molar-refractivity contribution is 9.10. The number of halogens is 1. The third-order valence-electron chi connectivity index (χ3n) is 3.71. The molecule has 0 aliphatic carbocycles. The number of hydrogen-bond acceptors (Lipinski definition) is 3. The van der Waals surface area contributed by atoms with Crippen molar-refractivity contribution in [2.75, 3.05) is 25.0 Å². The van der Waals surface area contributed by atoms with Crippen LogP contribution in [-0.4, -0.2) is 31.2 Å². The summed E-state index contributed by atoms with van der Waals surface area (Å²) in [4.78, 5) is 14.4. The first-order chi connectivity index (χ1) is 9.90. The summed E-state index contributed by atoms with van der Waals surface area (Å²) >= 11 is 3.44. The Balaban J connectivity index is 2.45. The summed E-state index contributed by atoms with van der Waals surface area (Å²) < 4.78 is 0.897. The first-order valence-corrected chi connectivity index (χ1v) is 7.82. The number of amides is 1. The average Bonchev–Trinajstić information content (AvgIpc) is 2.63. The molecular formula is C16H21BrN2O2. The van der Waals surface area contributed by atoms with Crippen LogP contribution >= 0.6 is 15.9 Å². The van der Waals surface area contributed by atoms with Crippen molar-refractivity contribution in [3.8, 4) is 0 Å². The Kier molecular flexibility index (Phi) is 4.86. The fraction of sp³-hybridized carbons (Fsp3) is 0.438. The molecule has 0 fully saturated rings. The molecule has 0 saturated heterocycles. The van der Waals surface area contributed by atoms with Gasteiger partial charge < -0.3 is 15.3 Å². The maximum absolute atomic E-state index is 12.7. The molecule has 0 unspecified atom stereocenters. The molecule has 21 heavy (non-hydrogen) atoms. The second-order valence-corrected chi connectivity index (χ2v) is 6.49. The molecule has 0 saturated carbocycles. The Morgan fingerprint density at radius 3 is 2.81 bits per heavy atom. The number of aliphatic hydroxyl groups is 1. The number of rotatable bonds is 5. The number of nitrogens with one attached hydrogen (secondary N) is 1. The van der Waals surface area contributed by atoms with Crippen LogP contribution in [0, 0.1) is 0 Å². The van der Waals surface area contributed by atoms with E-state index in [1.807, 2.05) is 45.2 Å². The minimum absolute atomic E-state index is 0.247. The first-order valence-electron chi connectivity index (χ1n) is 7.02. The number of nitrogens with zero attached hydrogens (tertiary/aromatic N) is 1. The quantitative estimate of drug-likeness (QED) is 0.800. The van der Waals surface area contributed by atoms with E-state index >= 15 is 0 Å². The number of allylic oxidation sites excluding steroid dienone is 1. The van der Waals surface area contributed by atoms with Gasteiger partial charge in [0.25, 0.3) is 5.91 Å². The number of anilines is 1. The van der Waals surface area contributed by atoms with Crippen LogP contribution in [0.4, 0.5) is 5.69 Å². The van der Waals surface area contributed by atoms with E-state index < -0.39 is 5.60 Å². The van der Waals surface area contributed by atoms with Gasteiger partial charge in [0.05, 0.1) is 5.69 Å². The van der Waals surface area contributed by atoms with E-state index in [0.717, 1.165) is 15.7 Å². The number of carbonyl (C=O) groups is 1. The van der Waals surface area contributed by atoms with Crippen LogP contribution in [0.15, 0.2) is 34.3 Å². The molecule has 1 aromatic rings. The van der Waals surface area contributed by atoms with Gasteiger partial charge in [0.1, 0.15) is 0 Å². The van der Waals surface area contributed by atoms with Gasteiger partial charge in [-0.3, -0.25) is 4.79 Å². The van der Waals surface area contributed by atoms with E-state index in [-0.39, 0.29) is 5.91 Å². The molecule has 0 bridgehead atoms. The Morgan fingerprint density at radius 1 is 1.48 bits per heavy atom. The molecule has 1 heterocycles. The zero-order valence-electron chi connectivity index (χ0n) is 12.6. The molecule has 4 nitrogen and oxygen atoms in total. The zero-order valence-corrected chi connectivity index (χ0v) is 14.2.